The molecule has 0 aliphatic carbocycles. The van der Waals surface area contributed by atoms with Crippen molar-refractivity contribution in [3.63, 3.8) is 0 Å². The molecule has 4 nitrogen and oxygen atoms in total. The van der Waals surface area contributed by atoms with Gasteiger partial charge in [0.2, 0.25) is 5.91 Å². The van der Waals surface area contributed by atoms with Gasteiger partial charge in [-0.15, -0.1) is 0 Å². The van der Waals surface area contributed by atoms with Crippen LogP contribution in [0.3, 0.4) is 0 Å². The largest absolute Gasteiger partial charge is 0.358 e. The van der Waals surface area contributed by atoms with Gasteiger partial charge in [-0.1, -0.05) is 6.92 Å². The number of amides is 1. The first kappa shape index (κ1) is 14.6. The fraction of sp³-hybridized carbons (Fsp3) is 0.438. The van der Waals surface area contributed by atoms with Gasteiger partial charge in [-0.05, 0) is 51.2 Å². The van der Waals surface area contributed by atoms with E-state index < -0.39 is 0 Å². The van der Waals surface area contributed by atoms with Gasteiger partial charge in [0, 0.05) is 35.2 Å². The lowest BCUT2D eigenvalue weighted by molar-refractivity contribution is -0.115. The molecule has 1 heterocycles. The number of nitrogens with zero attached hydrogens (tertiary/aromatic N) is 1. The fourth-order valence-electron chi connectivity index (χ4n) is 2.37. The number of fused-ring (bicyclic) bond motifs is 1. The molecular formula is C16H23N3O. The first-order valence-corrected chi connectivity index (χ1v) is 7.07. The Balaban J connectivity index is 2.33. The fourth-order valence-corrected chi connectivity index (χ4v) is 2.37. The predicted molar refractivity (Wildman–Crippen MR) is 84.2 cm³/mol. The molecular weight excluding hydrogens is 250 g/mol. The summed E-state index contributed by atoms with van der Waals surface area (Å²) in [5, 5.41) is 4.13. The van der Waals surface area contributed by atoms with Crippen molar-refractivity contribution < 1.29 is 4.79 Å². The van der Waals surface area contributed by atoms with E-state index in [1.54, 1.807) is 0 Å². The number of aromatic amines is 1. The quantitative estimate of drug-likeness (QED) is 0.880. The molecule has 2 rings (SSSR count). The number of carbonyl (C=O) groups is 1. The van der Waals surface area contributed by atoms with Crippen LogP contribution < -0.4 is 5.32 Å². The Bertz CT molecular complexity index is 613. The molecule has 4 heteroatoms. The third-order valence-electron chi connectivity index (χ3n) is 3.53. The zero-order valence-corrected chi connectivity index (χ0v) is 12.7. The third-order valence-corrected chi connectivity index (χ3v) is 3.53. The topological polar surface area (TPSA) is 48.1 Å². The minimum Gasteiger partial charge on any atom is -0.358 e. The second-order valence-electron chi connectivity index (χ2n) is 5.44. The van der Waals surface area contributed by atoms with Gasteiger partial charge in [0.1, 0.15) is 0 Å². The summed E-state index contributed by atoms with van der Waals surface area (Å²) < 4.78 is 0. The van der Waals surface area contributed by atoms with Gasteiger partial charge in [-0.2, -0.15) is 0 Å². The Hall–Kier alpha value is -1.81. The number of anilines is 1. The molecule has 20 heavy (non-hydrogen) atoms. The summed E-state index contributed by atoms with van der Waals surface area (Å²) in [6.45, 7) is 4.98. The SMILES string of the molecule is CCC(=O)Nc1ccc2[nH]c(C)c(CCN(C)C)c2c1. The highest BCUT2D eigenvalue weighted by Gasteiger charge is 2.10. The summed E-state index contributed by atoms with van der Waals surface area (Å²) in [5.74, 6) is 0.0476. The first-order chi connectivity index (χ1) is 9.51. The van der Waals surface area contributed by atoms with Crippen molar-refractivity contribution in [2.75, 3.05) is 26.0 Å². The smallest absolute Gasteiger partial charge is 0.224 e. The van der Waals surface area contributed by atoms with Crippen LogP contribution in [0.1, 0.15) is 24.6 Å². The molecule has 1 aromatic heterocycles. The lowest BCUT2D eigenvalue weighted by Crippen LogP contribution is -2.15. The summed E-state index contributed by atoms with van der Waals surface area (Å²) in [6, 6.07) is 6.05. The second kappa shape index (κ2) is 6.09. The van der Waals surface area contributed by atoms with E-state index in [9.17, 15) is 4.79 Å². The van der Waals surface area contributed by atoms with E-state index in [0.29, 0.717) is 6.42 Å². The van der Waals surface area contributed by atoms with E-state index in [1.165, 1.54) is 16.6 Å². The molecule has 0 atom stereocenters. The molecule has 0 radical (unpaired) electrons. The normalized spacial score (nSPS) is 11.2. The van der Waals surface area contributed by atoms with Crippen LogP contribution in [0.2, 0.25) is 0 Å². The minimum atomic E-state index is 0.0476. The minimum absolute atomic E-state index is 0.0476. The molecule has 0 saturated heterocycles. The maximum Gasteiger partial charge on any atom is 0.224 e. The zero-order chi connectivity index (χ0) is 14.7. The number of aryl methyl sites for hydroxylation is 1. The molecule has 0 saturated carbocycles. The van der Waals surface area contributed by atoms with Gasteiger partial charge < -0.3 is 15.2 Å². The number of likely N-dealkylation sites (N-methyl/N-ethyl adjacent to an activating group) is 1. The Morgan fingerprint density at radius 1 is 1.35 bits per heavy atom. The molecule has 0 fully saturated rings. The van der Waals surface area contributed by atoms with Gasteiger partial charge in [-0.3, -0.25) is 4.79 Å². The molecule has 2 N–H and O–H groups in total. The monoisotopic (exact) mass is 273 g/mol. The summed E-state index contributed by atoms with van der Waals surface area (Å²) in [4.78, 5) is 17.1. The van der Waals surface area contributed by atoms with E-state index in [-0.39, 0.29) is 5.91 Å². The predicted octanol–water partition coefficient (Wildman–Crippen LogP) is 2.93. The summed E-state index contributed by atoms with van der Waals surface area (Å²) in [7, 11) is 4.16. The maximum absolute atomic E-state index is 11.5. The number of H-pyrrole nitrogens is 1. The molecule has 1 aromatic carbocycles. The van der Waals surface area contributed by atoms with Crippen LogP contribution in [0.15, 0.2) is 18.2 Å². The number of carbonyl (C=O) groups excluding carboxylic acids is 1. The van der Waals surface area contributed by atoms with Crippen molar-refractivity contribution in [1.29, 1.82) is 0 Å². The number of hydrogen-bond acceptors (Lipinski definition) is 2. The van der Waals surface area contributed by atoms with E-state index in [2.05, 4.69) is 42.3 Å². The average molecular weight is 273 g/mol. The average Bonchev–Trinajstić information content (AvgIpc) is 2.71. The number of hydrogen-bond donors (Lipinski definition) is 2. The summed E-state index contributed by atoms with van der Waals surface area (Å²) in [5.41, 5.74) is 4.54. The Kier molecular flexibility index (Phi) is 4.45. The Morgan fingerprint density at radius 2 is 2.10 bits per heavy atom. The van der Waals surface area contributed by atoms with Crippen LogP contribution in [0.5, 0.6) is 0 Å². The highest BCUT2D eigenvalue weighted by atomic mass is 16.1. The highest BCUT2D eigenvalue weighted by Crippen LogP contribution is 2.26. The molecule has 0 unspecified atom stereocenters. The first-order valence-electron chi connectivity index (χ1n) is 7.07. The summed E-state index contributed by atoms with van der Waals surface area (Å²) >= 11 is 0. The zero-order valence-electron chi connectivity index (χ0n) is 12.7. The number of rotatable bonds is 5. The Morgan fingerprint density at radius 3 is 2.75 bits per heavy atom. The molecule has 1 amide bonds. The highest BCUT2D eigenvalue weighted by molar-refractivity contribution is 5.94. The van der Waals surface area contributed by atoms with E-state index >= 15 is 0 Å². The Labute approximate surface area is 120 Å². The lowest BCUT2D eigenvalue weighted by atomic mass is 10.1. The molecule has 108 valence electrons. The third kappa shape index (κ3) is 3.20. The van der Waals surface area contributed by atoms with Crippen molar-refractivity contribution in [3.8, 4) is 0 Å². The van der Waals surface area contributed by atoms with Crippen molar-refractivity contribution in [2.45, 2.75) is 26.7 Å². The number of aromatic nitrogens is 1. The van der Waals surface area contributed by atoms with Crippen molar-refractivity contribution in [3.05, 3.63) is 29.5 Å². The van der Waals surface area contributed by atoms with E-state index in [4.69, 9.17) is 0 Å². The van der Waals surface area contributed by atoms with E-state index in [1.807, 2.05) is 19.1 Å². The number of nitrogens with one attached hydrogen (secondary N) is 2. The van der Waals surface area contributed by atoms with Crippen LogP contribution in [0.4, 0.5) is 5.69 Å². The van der Waals surface area contributed by atoms with Crippen LogP contribution in [-0.2, 0) is 11.2 Å². The van der Waals surface area contributed by atoms with Crippen LogP contribution in [0, 0.1) is 6.92 Å². The van der Waals surface area contributed by atoms with Crippen LogP contribution in [-0.4, -0.2) is 36.4 Å². The van der Waals surface area contributed by atoms with Gasteiger partial charge in [0.15, 0.2) is 0 Å². The van der Waals surface area contributed by atoms with Gasteiger partial charge in [0.25, 0.3) is 0 Å². The van der Waals surface area contributed by atoms with Gasteiger partial charge in [0.05, 0.1) is 0 Å². The molecule has 0 aliphatic heterocycles. The standard InChI is InChI=1S/C16H23N3O/c1-5-16(20)18-12-6-7-15-14(10-12)13(11(2)17-15)8-9-19(3)4/h6-7,10,17H,5,8-9H2,1-4H3,(H,18,20). The van der Waals surface area contributed by atoms with Crippen molar-refractivity contribution in [1.82, 2.24) is 9.88 Å². The molecule has 2 aromatic rings. The van der Waals surface area contributed by atoms with Crippen molar-refractivity contribution >= 4 is 22.5 Å². The van der Waals surface area contributed by atoms with Crippen LogP contribution >= 0.6 is 0 Å². The van der Waals surface area contributed by atoms with Crippen LogP contribution in [0.25, 0.3) is 10.9 Å². The summed E-state index contributed by atoms with van der Waals surface area (Å²) in [6.07, 6.45) is 1.50. The lowest BCUT2D eigenvalue weighted by Gasteiger charge is -2.10. The van der Waals surface area contributed by atoms with Gasteiger partial charge >= 0.3 is 0 Å². The molecule has 0 spiro atoms. The number of benzene rings is 1. The molecule has 0 aliphatic rings. The van der Waals surface area contributed by atoms with E-state index in [0.717, 1.165) is 24.2 Å². The van der Waals surface area contributed by atoms with Crippen molar-refractivity contribution in [2.24, 2.45) is 0 Å². The van der Waals surface area contributed by atoms with Gasteiger partial charge in [-0.25, -0.2) is 0 Å². The second-order valence-corrected chi connectivity index (χ2v) is 5.44. The maximum atomic E-state index is 11.5. The molecule has 0 bridgehead atoms.